The van der Waals surface area contributed by atoms with Gasteiger partial charge in [0.05, 0.1) is 0 Å². The van der Waals surface area contributed by atoms with Crippen LogP contribution in [0.4, 0.5) is 0 Å². The fourth-order valence-corrected chi connectivity index (χ4v) is 2.54. The van der Waals surface area contributed by atoms with Gasteiger partial charge in [0.1, 0.15) is 0 Å². The predicted octanol–water partition coefficient (Wildman–Crippen LogP) is 3.35. The summed E-state index contributed by atoms with van der Waals surface area (Å²) in [5.74, 6) is 0. The molecule has 2 nitrogen and oxygen atoms in total. The van der Waals surface area contributed by atoms with Crippen LogP contribution in [0.25, 0.3) is 0 Å². The normalized spacial score (nSPS) is 11.0. The van der Waals surface area contributed by atoms with E-state index in [0.29, 0.717) is 0 Å². The Labute approximate surface area is 122 Å². The maximum absolute atomic E-state index is 3.24. The van der Waals surface area contributed by atoms with E-state index in [9.17, 15) is 0 Å². The first-order valence-corrected chi connectivity index (χ1v) is 7.14. The van der Waals surface area contributed by atoms with Gasteiger partial charge in [0.25, 0.3) is 0 Å². The van der Waals surface area contributed by atoms with Crippen molar-refractivity contribution in [3.05, 3.63) is 70.8 Å². The fourth-order valence-electron chi connectivity index (χ4n) is 2.54. The molecule has 2 rings (SSSR count). The number of nitrogens with one attached hydrogen (secondary N) is 1. The average molecular weight is 268 g/mol. The van der Waals surface area contributed by atoms with Crippen molar-refractivity contribution in [2.24, 2.45) is 0 Å². The predicted molar refractivity (Wildman–Crippen MR) is 85.6 cm³/mol. The molecule has 106 valence electrons. The molecule has 0 aliphatic carbocycles. The van der Waals surface area contributed by atoms with Gasteiger partial charge in [-0.2, -0.15) is 0 Å². The monoisotopic (exact) mass is 268 g/mol. The van der Waals surface area contributed by atoms with E-state index in [1.54, 1.807) is 0 Å². The first-order chi connectivity index (χ1) is 9.69. The lowest BCUT2D eigenvalue weighted by molar-refractivity contribution is 0.318. The summed E-state index contributed by atoms with van der Waals surface area (Å²) >= 11 is 0. The number of hydrogen-bond donors (Lipinski definition) is 1. The molecule has 0 spiro atoms. The van der Waals surface area contributed by atoms with Crippen LogP contribution >= 0.6 is 0 Å². The van der Waals surface area contributed by atoms with Crippen LogP contribution in [-0.4, -0.2) is 19.0 Å². The molecular formula is C18H24N2. The maximum Gasteiger partial charge on any atom is 0.0237 e. The first-order valence-electron chi connectivity index (χ1n) is 7.14. The van der Waals surface area contributed by atoms with Gasteiger partial charge in [-0.05, 0) is 37.7 Å². The SMILES string of the molecule is CNCc1ccccc1CN(C)Cc1cccc(C)c1. The first kappa shape index (κ1) is 14.8. The molecule has 0 aromatic heterocycles. The molecule has 0 saturated heterocycles. The van der Waals surface area contributed by atoms with Crippen LogP contribution in [0.5, 0.6) is 0 Å². The van der Waals surface area contributed by atoms with Gasteiger partial charge in [0.15, 0.2) is 0 Å². The third-order valence-corrected chi connectivity index (χ3v) is 3.46. The Hall–Kier alpha value is -1.64. The van der Waals surface area contributed by atoms with E-state index < -0.39 is 0 Å². The Morgan fingerprint density at radius 1 is 0.950 bits per heavy atom. The van der Waals surface area contributed by atoms with Crippen molar-refractivity contribution < 1.29 is 0 Å². The molecule has 0 fully saturated rings. The van der Waals surface area contributed by atoms with Gasteiger partial charge < -0.3 is 5.32 Å². The number of benzene rings is 2. The molecule has 0 unspecified atom stereocenters. The highest BCUT2D eigenvalue weighted by Gasteiger charge is 2.05. The Morgan fingerprint density at radius 2 is 1.70 bits per heavy atom. The zero-order valence-electron chi connectivity index (χ0n) is 12.7. The minimum absolute atomic E-state index is 0.925. The molecule has 2 aromatic rings. The number of aryl methyl sites for hydroxylation is 1. The van der Waals surface area contributed by atoms with Crippen molar-refractivity contribution in [2.45, 2.75) is 26.6 Å². The Morgan fingerprint density at radius 3 is 2.40 bits per heavy atom. The van der Waals surface area contributed by atoms with Crippen molar-refractivity contribution in [1.29, 1.82) is 0 Å². The van der Waals surface area contributed by atoms with Gasteiger partial charge in [0, 0.05) is 19.6 Å². The topological polar surface area (TPSA) is 15.3 Å². The van der Waals surface area contributed by atoms with Gasteiger partial charge in [0.2, 0.25) is 0 Å². The molecule has 0 bridgehead atoms. The molecule has 0 atom stereocenters. The number of nitrogens with zero attached hydrogens (tertiary/aromatic N) is 1. The summed E-state index contributed by atoms with van der Waals surface area (Å²) < 4.78 is 0. The molecule has 1 N–H and O–H groups in total. The molecule has 0 radical (unpaired) electrons. The number of rotatable bonds is 6. The second-order valence-corrected chi connectivity index (χ2v) is 5.46. The van der Waals surface area contributed by atoms with Crippen LogP contribution in [0.15, 0.2) is 48.5 Å². The lowest BCUT2D eigenvalue weighted by atomic mass is 10.1. The van der Waals surface area contributed by atoms with Crippen LogP contribution in [-0.2, 0) is 19.6 Å². The minimum Gasteiger partial charge on any atom is -0.316 e. The van der Waals surface area contributed by atoms with E-state index in [0.717, 1.165) is 19.6 Å². The summed E-state index contributed by atoms with van der Waals surface area (Å²) in [6.07, 6.45) is 0. The Bertz CT molecular complexity index is 549. The van der Waals surface area contributed by atoms with Gasteiger partial charge in [-0.25, -0.2) is 0 Å². The smallest absolute Gasteiger partial charge is 0.0237 e. The molecule has 2 heteroatoms. The van der Waals surface area contributed by atoms with Gasteiger partial charge >= 0.3 is 0 Å². The van der Waals surface area contributed by atoms with Crippen molar-refractivity contribution >= 4 is 0 Å². The van der Waals surface area contributed by atoms with Crippen LogP contribution < -0.4 is 5.32 Å². The van der Waals surface area contributed by atoms with Crippen molar-refractivity contribution in [3.63, 3.8) is 0 Å². The zero-order valence-corrected chi connectivity index (χ0v) is 12.7. The average Bonchev–Trinajstić information content (AvgIpc) is 2.41. The van der Waals surface area contributed by atoms with Crippen LogP contribution in [0, 0.1) is 6.92 Å². The fraction of sp³-hybridized carbons (Fsp3) is 0.333. The second kappa shape index (κ2) is 7.22. The minimum atomic E-state index is 0.925. The second-order valence-electron chi connectivity index (χ2n) is 5.46. The van der Waals surface area contributed by atoms with E-state index >= 15 is 0 Å². The van der Waals surface area contributed by atoms with E-state index in [2.05, 4.69) is 72.7 Å². The lowest BCUT2D eigenvalue weighted by Crippen LogP contribution is -2.19. The third-order valence-electron chi connectivity index (χ3n) is 3.46. The highest BCUT2D eigenvalue weighted by atomic mass is 15.1. The van der Waals surface area contributed by atoms with Gasteiger partial charge in [-0.15, -0.1) is 0 Å². The van der Waals surface area contributed by atoms with Crippen molar-refractivity contribution in [2.75, 3.05) is 14.1 Å². The van der Waals surface area contributed by atoms with Crippen LogP contribution in [0.1, 0.15) is 22.3 Å². The highest BCUT2D eigenvalue weighted by Crippen LogP contribution is 2.13. The Kier molecular flexibility index (Phi) is 5.33. The Balaban J connectivity index is 2.02. The van der Waals surface area contributed by atoms with E-state index in [-0.39, 0.29) is 0 Å². The molecule has 0 amide bonds. The number of hydrogen-bond acceptors (Lipinski definition) is 2. The highest BCUT2D eigenvalue weighted by molar-refractivity contribution is 5.27. The quantitative estimate of drug-likeness (QED) is 0.864. The summed E-state index contributed by atoms with van der Waals surface area (Å²) in [5, 5.41) is 3.24. The molecule has 0 aliphatic rings. The molecular weight excluding hydrogens is 244 g/mol. The molecule has 2 aromatic carbocycles. The summed E-state index contributed by atoms with van der Waals surface area (Å²) in [4.78, 5) is 2.36. The summed E-state index contributed by atoms with van der Waals surface area (Å²) in [7, 11) is 4.17. The summed E-state index contributed by atoms with van der Waals surface area (Å²) in [6, 6.07) is 17.4. The molecule has 0 aliphatic heterocycles. The molecule has 20 heavy (non-hydrogen) atoms. The van der Waals surface area contributed by atoms with E-state index in [1.165, 1.54) is 22.3 Å². The third kappa shape index (κ3) is 4.19. The van der Waals surface area contributed by atoms with Gasteiger partial charge in [-0.1, -0.05) is 54.1 Å². The molecule has 0 saturated carbocycles. The van der Waals surface area contributed by atoms with E-state index in [4.69, 9.17) is 0 Å². The van der Waals surface area contributed by atoms with Crippen molar-refractivity contribution in [1.82, 2.24) is 10.2 Å². The van der Waals surface area contributed by atoms with Crippen LogP contribution in [0.3, 0.4) is 0 Å². The standard InChI is InChI=1S/C18H24N2/c1-15-7-6-8-16(11-15)13-20(3)14-18-10-5-4-9-17(18)12-19-2/h4-11,19H,12-14H2,1-3H3. The van der Waals surface area contributed by atoms with Crippen molar-refractivity contribution in [3.8, 4) is 0 Å². The lowest BCUT2D eigenvalue weighted by Gasteiger charge is -2.19. The van der Waals surface area contributed by atoms with Gasteiger partial charge in [-0.3, -0.25) is 4.90 Å². The maximum atomic E-state index is 3.24. The molecule has 0 heterocycles. The largest absolute Gasteiger partial charge is 0.316 e. The summed E-state index contributed by atoms with van der Waals surface area (Å²) in [6.45, 7) is 5.03. The van der Waals surface area contributed by atoms with E-state index in [1.807, 2.05) is 7.05 Å². The van der Waals surface area contributed by atoms with Crippen LogP contribution in [0.2, 0.25) is 0 Å². The zero-order chi connectivity index (χ0) is 14.4. The summed E-state index contributed by atoms with van der Waals surface area (Å²) in [5.41, 5.74) is 5.48.